The number of carbonyl (C=O) groups is 1. The molecule has 2 heterocycles. The fraction of sp³-hybridized carbons (Fsp3) is 0.545. The van der Waals surface area contributed by atoms with Crippen molar-refractivity contribution in [1.82, 2.24) is 14.5 Å². The number of carbonyl (C=O) groups excluding carboxylic acids is 1. The molecule has 8 heteroatoms. The molecule has 1 aliphatic heterocycles. The third kappa shape index (κ3) is 3.37. The van der Waals surface area contributed by atoms with Gasteiger partial charge in [-0.2, -0.15) is 0 Å². The Morgan fingerprint density at radius 3 is 2.63 bits per heavy atom. The molecule has 0 aromatic carbocycles. The Bertz CT molecular complexity index is 574. The summed E-state index contributed by atoms with van der Waals surface area (Å²) in [5.74, 6) is 0. The third-order valence-corrected chi connectivity index (χ3v) is 3.23. The molecule has 0 spiro atoms. The second kappa shape index (κ2) is 5.92. The van der Waals surface area contributed by atoms with Crippen LogP contribution in [0, 0.1) is 0 Å². The van der Waals surface area contributed by atoms with E-state index >= 15 is 0 Å². The average Bonchev–Trinajstić information content (AvgIpc) is 2.38. The van der Waals surface area contributed by atoms with Crippen molar-refractivity contribution in [2.75, 3.05) is 13.1 Å². The van der Waals surface area contributed by atoms with Crippen molar-refractivity contribution in [3.8, 4) is 0 Å². The summed E-state index contributed by atoms with van der Waals surface area (Å²) in [5, 5.41) is -0.0693. The van der Waals surface area contributed by atoms with Crippen molar-refractivity contribution in [1.29, 1.82) is 0 Å². The highest BCUT2D eigenvalue weighted by Gasteiger charge is 2.18. The first-order valence-corrected chi connectivity index (χ1v) is 6.37. The van der Waals surface area contributed by atoms with Crippen LogP contribution in [0.2, 0.25) is 5.15 Å². The van der Waals surface area contributed by atoms with E-state index in [1.54, 1.807) is 4.90 Å². The molecule has 1 amide bonds. The topological polar surface area (TPSA) is 84.4 Å². The number of nitrogens with one attached hydrogen (secondary N) is 1. The van der Waals surface area contributed by atoms with E-state index in [0.717, 1.165) is 29.9 Å². The Balaban J connectivity index is 2.00. The lowest BCUT2D eigenvalue weighted by Gasteiger charge is -2.25. The van der Waals surface area contributed by atoms with Crippen LogP contribution in [0.25, 0.3) is 0 Å². The summed E-state index contributed by atoms with van der Waals surface area (Å²) in [6, 6.07) is 1.05. The number of amides is 1. The van der Waals surface area contributed by atoms with Crippen molar-refractivity contribution >= 4 is 17.7 Å². The molecule has 0 saturated carbocycles. The average molecular weight is 288 g/mol. The van der Waals surface area contributed by atoms with Gasteiger partial charge in [-0.3, -0.25) is 9.78 Å². The van der Waals surface area contributed by atoms with E-state index < -0.39 is 17.3 Å². The number of H-pyrrole nitrogens is 1. The number of halogens is 1. The van der Waals surface area contributed by atoms with E-state index in [1.165, 1.54) is 0 Å². The lowest BCUT2D eigenvalue weighted by molar-refractivity contribution is 0.0685. The molecule has 1 aromatic rings. The highest BCUT2D eigenvalue weighted by Crippen LogP contribution is 2.10. The molecule has 1 fully saturated rings. The fourth-order valence-corrected chi connectivity index (χ4v) is 2.12. The smallest absolute Gasteiger partial charge is 0.411 e. The molecule has 0 radical (unpaired) electrons. The van der Waals surface area contributed by atoms with Gasteiger partial charge in [-0.25, -0.2) is 14.2 Å². The number of ether oxygens (including phenoxy) is 1. The van der Waals surface area contributed by atoms with E-state index in [1.807, 2.05) is 4.98 Å². The molecule has 1 N–H and O–H groups in total. The minimum atomic E-state index is -0.705. The molecule has 1 aromatic heterocycles. The summed E-state index contributed by atoms with van der Waals surface area (Å²) < 4.78 is 5.99. The minimum absolute atomic E-state index is 0.0693. The van der Waals surface area contributed by atoms with Crippen LogP contribution >= 0.6 is 11.6 Å². The van der Waals surface area contributed by atoms with Crippen LogP contribution < -0.4 is 11.2 Å². The zero-order valence-electron chi connectivity index (χ0n) is 10.2. The Labute approximate surface area is 113 Å². The minimum Gasteiger partial charge on any atom is -0.427 e. The van der Waals surface area contributed by atoms with Gasteiger partial charge in [-0.1, -0.05) is 11.6 Å². The van der Waals surface area contributed by atoms with Crippen LogP contribution in [0.1, 0.15) is 19.3 Å². The summed E-state index contributed by atoms with van der Waals surface area (Å²) in [5.41, 5.74) is -1.29. The zero-order chi connectivity index (χ0) is 13.8. The van der Waals surface area contributed by atoms with Crippen molar-refractivity contribution in [2.45, 2.75) is 26.0 Å². The number of aromatic amines is 1. The maximum Gasteiger partial charge on any atom is 0.411 e. The predicted octanol–water partition coefficient (Wildman–Crippen LogP) is 0.770. The monoisotopic (exact) mass is 287 g/mol. The Kier molecular flexibility index (Phi) is 4.26. The SMILES string of the molecule is O=C(OCn1c(Cl)cc(=O)[nH]c1=O)N1CCCCC1. The molecule has 0 aliphatic carbocycles. The predicted molar refractivity (Wildman–Crippen MR) is 68.2 cm³/mol. The Hall–Kier alpha value is -1.76. The van der Waals surface area contributed by atoms with Gasteiger partial charge in [-0.15, -0.1) is 0 Å². The number of likely N-dealkylation sites (tertiary alicyclic amines) is 1. The maximum atomic E-state index is 11.7. The molecule has 0 atom stereocenters. The second-order valence-electron chi connectivity index (χ2n) is 4.28. The Morgan fingerprint density at radius 2 is 2.00 bits per heavy atom. The van der Waals surface area contributed by atoms with Crippen molar-refractivity contribution in [2.24, 2.45) is 0 Å². The number of piperidine rings is 1. The van der Waals surface area contributed by atoms with Gasteiger partial charge < -0.3 is 9.64 Å². The number of hydrogen-bond donors (Lipinski definition) is 1. The van der Waals surface area contributed by atoms with E-state index in [4.69, 9.17) is 16.3 Å². The van der Waals surface area contributed by atoms with Crippen LogP contribution in [0.3, 0.4) is 0 Å². The molecular formula is C11H14ClN3O4. The van der Waals surface area contributed by atoms with Gasteiger partial charge in [0.1, 0.15) is 5.15 Å². The van der Waals surface area contributed by atoms with E-state index in [-0.39, 0.29) is 11.9 Å². The second-order valence-corrected chi connectivity index (χ2v) is 4.66. The van der Waals surface area contributed by atoms with Gasteiger partial charge in [-0.05, 0) is 19.3 Å². The van der Waals surface area contributed by atoms with Crippen LogP contribution in [-0.4, -0.2) is 33.6 Å². The van der Waals surface area contributed by atoms with Crippen molar-refractivity contribution < 1.29 is 9.53 Å². The number of hydrogen-bond acceptors (Lipinski definition) is 4. The summed E-state index contributed by atoms with van der Waals surface area (Å²) >= 11 is 5.74. The third-order valence-electron chi connectivity index (χ3n) is 2.91. The normalized spacial score (nSPS) is 15.3. The van der Waals surface area contributed by atoms with Crippen LogP contribution in [0.5, 0.6) is 0 Å². The quantitative estimate of drug-likeness (QED) is 0.814. The van der Waals surface area contributed by atoms with E-state index in [9.17, 15) is 14.4 Å². The van der Waals surface area contributed by atoms with Gasteiger partial charge in [0.15, 0.2) is 6.73 Å². The summed E-state index contributed by atoms with van der Waals surface area (Å²) in [4.78, 5) is 37.8. The molecule has 2 rings (SSSR count). The zero-order valence-corrected chi connectivity index (χ0v) is 11.0. The summed E-state index contributed by atoms with van der Waals surface area (Å²) in [6.45, 7) is 1.00. The molecule has 19 heavy (non-hydrogen) atoms. The molecule has 7 nitrogen and oxygen atoms in total. The molecule has 1 aliphatic rings. The summed E-state index contributed by atoms with van der Waals surface area (Å²) in [7, 11) is 0. The largest absolute Gasteiger partial charge is 0.427 e. The van der Waals surface area contributed by atoms with Gasteiger partial charge in [0.2, 0.25) is 0 Å². The number of aromatic nitrogens is 2. The van der Waals surface area contributed by atoms with Crippen molar-refractivity contribution in [3.05, 3.63) is 32.1 Å². The standard InChI is InChI=1S/C11H14ClN3O4/c12-8-6-9(16)13-10(17)15(8)7-19-11(18)14-4-2-1-3-5-14/h6H,1-5,7H2,(H,13,16,17). The van der Waals surface area contributed by atoms with Gasteiger partial charge in [0, 0.05) is 19.2 Å². The highest BCUT2D eigenvalue weighted by molar-refractivity contribution is 6.29. The number of nitrogens with zero attached hydrogens (tertiary/aromatic N) is 2. The molecule has 0 unspecified atom stereocenters. The van der Waals surface area contributed by atoms with Crippen molar-refractivity contribution in [3.63, 3.8) is 0 Å². The first-order chi connectivity index (χ1) is 9.08. The van der Waals surface area contributed by atoms with Gasteiger partial charge in [0.25, 0.3) is 5.56 Å². The highest BCUT2D eigenvalue weighted by atomic mass is 35.5. The molecular weight excluding hydrogens is 274 g/mol. The van der Waals surface area contributed by atoms with Crippen LogP contribution in [0.4, 0.5) is 4.79 Å². The first kappa shape index (κ1) is 13.7. The lowest BCUT2D eigenvalue weighted by Crippen LogP contribution is -2.38. The summed E-state index contributed by atoms with van der Waals surface area (Å²) in [6.07, 6.45) is 2.53. The van der Waals surface area contributed by atoms with Gasteiger partial charge >= 0.3 is 11.8 Å². The van der Waals surface area contributed by atoms with E-state index in [0.29, 0.717) is 13.1 Å². The fourth-order valence-electron chi connectivity index (χ4n) is 1.90. The molecule has 0 bridgehead atoms. The van der Waals surface area contributed by atoms with Crippen LogP contribution in [-0.2, 0) is 11.5 Å². The van der Waals surface area contributed by atoms with Crippen LogP contribution in [0.15, 0.2) is 15.7 Å². The number of rotatable bonds is 2. The molecule has 1 saturated heterocycles. The van der Waals surface area contributed by atoms with Gasteiger partial charge in [0.05, 0.1) is 0 Å². The first-order valence-electron chi connectivity index (χ1n) is 5.99. The Morgan fingerprint density at radius 1 is 1.32 bits per heavy atom. The van der Waals surface area contributed by atoms with E-state index in [2.05, 4.69) is 0 Å². The lowest BCUT2D eigenvalue weighted by atomic mass is 10.1. The maximum absolute atomic E-state index is 11.7. The molecule has 104 valence electrons.